The Morgan fingerprint density at radius 1 is 1.05 bits per heavy atom. The van der Waals surface area contributed by atoms with Gasteiger partial charge in [-0.2, -0.15) is 0 Å². The van der Waals surface area contributed by atoms with Crippen LogP contribution in [-0.2, 0) is 4.79 Å². The summed E-state index contributed by atoms with van der Waals surface area (Å²) >= 11 is 11.7. The molecule has 2 aromatic rings. The average molecular weight is 309 g/mol. The first kappa shape index (κ1) is 14.7. The Labute approximate surface area is 127 Å². The summed E-state index contributed by atoms with van der Waals surface area (Å²) < 4.78 is 0. The summed E-state index contributed by atoms with van der Waals surface area (Å²) in [4.78, 5) is 11.9. The standard InChI is InChI=1S/C15H14Cl2N2O/c1-10-2-3-12(17)8-14(10)19-15(20)9-18-13-6-4-11(16)5-7-13/h2-8,18H,9H2,1H3,(H,19,20). The first-order valence-corrected chi connectivity index (χ1v) is 6.85. The largest absolute Gasteiger partial charge is 0.376 e. The molecule has 2 aromatic carbocycles. The molecule has 3 nitrogen and oxygen atoms in total. The van der Waals surface area contributed by atoms with Crippen molar-refractivity contribution in [2.75, 3.05) is 17.2 Å². The van der Waals surface area contributed by atoms with Gasteiger partial charge >= 0.3 is 0 Å². The molecule has 0 atom stereocenters. The predicted molar refractivity (Wildman–Crippen MR) is 84.8 cm³/mol. The Balaban J connectivity index is 1.92. The van der Waals surface area contributed by atoms with E-state index in [9.17, 15) is 4.79 Å². The van der Waals surface area contributed by atoms with E-state index in [1.54, 1.807) is 24.3 Å². The van der Waals surface area contributed by atoms with Crippen molar-refractivity contribution in [2.24, 2.45) is 0 Å². The number of hydrogen-bond acceptors (Lipinski definition) is 2. The van der Waals surface area contributed by atoms with Crippen molar-refractivity contribution in [3.05, 3.63) is 58.1 Å². The first-order valence-electron chi connectivity index (χ1n) is 6.10. The van der Waals surface area contributed by atoms with E-state index in [1.165, 1.54) is 0 Å². The number of hydrogen-bond donors (Lipinski definition) is 2. The van der Waals surface area contributed by atoms with E-state index in [-0.39, 0.29) is 12.5 Å². The Bertz CT molecular complexity index is 612. The van der Waals surface area contributed by atoms with Crippen molar-refractivity contribution in [3.8, 4) is 0 Å². The second-order valence-electron chi connectivity index (χ2n) is 4.37. The van der Waals surface area contributed by atoms with Crippen LogP contribution in [0.5, 0.6) is 0 Å². The van der Waals surface area contributed by atoms with Gasteiger partial charge in [0.25, 0.3) is 0 Å². The van der Waals surface area contributed by atoms with E-state index in [0.29, 0.717) is 10.0 Å². The van der Waals surface area contributed by atoms with Gasteiger partial charge in [-0.15, -0.1) is 0 Å². The third kappa shape index (κ3) is 4.15. The monoisotopic (exact) mass is 308 g/mol. The summed E-state index contributed by atoms with van der Waals surface area (Å²) in [7, 11) is 0. The van der Waals surface area contributed by atoms with Crippen molar-refractivity contribution in [2.45, 2.75) is 6.92 Å². The van der Waals surface area contributed by atoms with Crippen LogP contribution in [-0.4, -0.2) is 12.5 Å². The van der Waals surface area contributed by atoms with Gasteiger partial charge in [0.1, 0.15) is 0 Å². The smallest absolute Gasteiger partial charge is 0.243 e. The maximum atomic E-state index is 11.9. The van der Waals surface area contributed by atoms with Gasteiger partial charge in [0, 0.05) is 21.4 Å². The van der Waals surface area contributed by atoms with E-state index in [1.807, 2.05) is 25.1 Å². The molecule has 0 aliphatic heterocycles. The van der Waals surface area contributed by atoms with Crippen molar-refractivity contribution in [1.29, 1.82) is 0 Å². The lowest BCUT2D eigenvalue weighted by atomic mass is 10.2. The van der Waals surface area contributed by atoms with Crippen molar-refractivity contribution < 1.29 is 4.79 Å². The minimum Gasteiger partial charge on any atom is -0.376 e. The predicted octanol–water partition coefficient (Wildman–Crippen LogP) is 4.35. The average Bonchev–Trinajstić information content (AvgIpc) is 2.42. The molecule has 5 heteroatoms. The van der Waals surface area contributed by atoms with Crippen LogP contribution >= 0.6 is 23.2 Å². The molecule has 0 spiro atoms. The number of carbonyl (C=O) groups is 1. The number of aryl methyl sites for hydroxylation is 1. The van der Waals surface area contributed by atoms with Crippen LogP contribution in [0, 0.1) is 6.92 Å². The molecule has 0 aromatic heterocycles. The quantitative estimate of drug-likeness (QED) is 0.881. The van der Waals surface area contributed by atoms with Crippen molar-refractivity contribution in [1.82, 2.24) is 0 Å². The molecular weight excluding hydrogens is 295 g/mol. The number of halogens is 2. The molecule has 0 radical (unpaired) electrons. The summed E-state index contributed by atoms with van der Waals surface area (Å²) in [5.41, 5.74) is 2.53. The number of anilines is 2. The second kappa shape index (κ2) is 6.64. The molecule has 1 amide bonds. The fourth-order valence-corrected chi connectivity index (χ4v) is 1.97. The van der Waals surface area contributed by atoms with Gasteiger partial charge in [-0.05, 0) is 48.9 Å². The lowest BCUT2D eigenvalue weighted by Crippen LogP contribution is -2.22. The van der Waals surface area contributed by atoms with Gasteiger partial charge in [-0.25, -0.2) is 0 Å². The maximum Gasteiger partial charge on any atom is 0.243 e. The Morgan fingerprint density at radius 3 is 2.40 bits per heavy atom. The van der Waals surface area contributed by atoms with Crippen LogP contribution in [0.3, 0.4) is 0 Å². The lowest BCUT2D eigenvalue weighted by Gasteiger charge is -2.10. The highest BCUT2D eigenvalue weighted by Crippen LogP contribution is 2.20. The second-order valence-corrected chi connectivity index (χ2v) is 5.24. The van der Waals surface area contributed by atoms with E-state index < -0.39 is 0 Å². The number of rotatable bonds is 4. The number of amides is 1. The van der Waals surface area contributed by atoms with Gasteiger partial charge in [0.15, 0.2) is 0 Å². The zero-order chi connectivity index (χ0) is 14.5. The topological polar surface area (TPSA) is 41.1 Å². The highest BCUT2D eigenvalue weighted by Gasteiger charge is 2.05. The van der Waals surface area contributed by atoms with Gasteiger partial charge in [0.2, 0.25) is 5.91 Å². The highest BCUT2D eigenvalue weighted by molar-refractivity contribution is 6.31. The number of nitrogens with one attached hydrogen (secondary N) is 2. The van der Waals surface area contributed by atoms with Gasteiger partial charge in [-0.1, -0.05) is 29.3 Å². The van der Waals surface area contributed by atoms with E-state index in [2.05, 4.69) is 10.6 Å². The van der Waals surface area contributed by atoms with Crippen molar-refractivity contribution >= 4 is 40.5 Å². The van der Waals surface area contributed by atoms with Crippen LogP contribution < -0.4 is 10.6 Å². The summed E-state index contributed by atoms with van der Waals surface area (Å²) in [5, 5.41) is 7.10. The Morgan fingerprint density at radius 2 is 1.70 bits per heavy atom. The molecule has 0 unspecified atom stereocenters. The molecule has 0 aliphatic rings. The summed E-state index contributed by atoms with van der Waals surface area (Å²) in [5.74, 6) is -0.134. The zero-order valence-corrected chi connectivity index (χ0v) is 12.4. The highest BCUT2D eigenvalue weighted by atomic mass is 35.5. The molecule has 0 saturated carbocycles. The van der Waals surface area contributed by atoms with Crippen LogP contribution in [0.15, 0.2) is 42.5 Å². The molecule has 2 rings (SSSR count). The van der Waals surface area contributed by atoms with Crippen LogP contribution in [0.25, 0.3) is 0 Å². The van der Waals surface area contributed by atoms with E-state index in [4.69, 9.17) is 23.2 Å². The Kier molecular flexibility index (Phi) is 4.88. The third-order valence-electron chi connectivity index (χ3n) is 2.77. The molecule has 104 valence electrons. The SMILES string of the molecule is Cc1ccc(Cl)cc1NC(=O)CNc1ccc(Cl)cc1. The lowest BCUT2D eigenvalue weighted by molar-refractivity contribution is -0.114. The van der Waals surface area contributed by atoms with E-state index >= 15 is 0 Å². The third-order valence-corrected chi connectivity index (χ3v) is 3.26. The molecule has 20 heavy (non-hydrogen) atoms. The fourth-order valence-electron chi connectivity index (χ4n) is 1.67. The van der Waals surface area contributed by atoms with E-state index in [0.717, 1.165) is 16.9 Å². The van der Waals surface area contributed by atoms with Gasteiger partial charge < -0.3 is 10.6 Å². The maximum absolute atomic E-state index is 11.9. The van der Waals surface area contributed by atoms with Gasteiger partial charge in [-0.3, -0.25) is 4.79 Å². The molecule has 0 aliphatic carbocycles. The number of carbonyl (C=O) groups excluding carboxylic acids is 1. The van der Waals surface area contributed by atoms with Crippen LogP contribution in [0.4, 0.5) is 11.4 Å². The van der Waals surface area contributed by atoms with Crippen LogP contribution in [0.1, 0.15) is 5.56 Å². The van der Waals surface area contributed by atoms with Crippen LogP contribution in [0.2, 0.25) is 10.0 Å². The zero-order valence-electron chi connectivity index (χ0n) is 10.9. The van der Waals surface area contributed by atoms with Crippen molar-refractivity contribution in [3.63, 3.8) is 0 Å². The minimum absolute atomic E-state index is 0.134. The molecule has 0 bridgehead atoms. The normalized spacial score (nSPS) is 10.2. The minimum atomic E-state index is -0.134. The molecular formula is C15H14Cl2N2O. The first-order chi connectivity index (χ1) is 9.54. The fraction of sp³-hybridized carbons (Fsp3) is 0.133. The number of benzene rings is 2. The molecule has 0 fully saturated rings. The molecule has 2 N–H and O–H groups in total. The summed E-state index contributed by atoms with van der Waals surface area (Å²) in [6, 6.07) is 12.6. The Hall–Kier alpha value is -1.71. The molecule has 0 saturated heterocycles. The summed E-state index contributed by atoms with van der Waals surface area (Å²) in [6.45, 7) is 2.09. The summed E-state index contributed by atoms with van der Waals surface area (Å²) in [6.07, 6.45) is 0. The van der Waals surface area contributed by atoms with Gasteiger partial charge in [0.05, 0.1) is 6.54 Å². The molecule has 0 heterocycles.